The van der Waals surface area contributed by atoms with Gasteiger partial charge in [-0.15, -0.1) is 5.06 Å². The molecule has 0 spiro atoms. The predicted molar refractivity (Wildman–Crippen MR) is 56.4 cm³/mol. The maximum atomic E-state index is 11.4. The first kappa shape index (κ1) is 14.4. The number of aliphatic carboxylic acids is 2. The molecule has 1 fully saturated rings. The molecule has 0 aliphatic carbocycles. The van der Waals surface area contributed by atoms with E-state index in [0.717, 1.165) is 12.8 Å². The molecule has 1 aliphatic heterocycles. The summed E-state index contributed by atoms with van der Waals surface area (Å²) in [6.45, 7) is 1.10. The maximum absolute atomic E-state index is 11.4. The Balaban J connectivity index is 2.56. The lowest BCUT2D eigenvalue weighted by atomic mass is 9.96. The van der Waals surface area contributed by atoms with Gasteiger partial charge in [-0.3, -0.25) is 9.59 Å². The van der Waals surface area contributed by atoms with Crippen molar-refractivity contribution in [3.05, 3.63) is 0 Å². The number of hydrogen-bond donors (Lipinski definition) is 3. The van der Waals surface area contributed by atoms with Crippen LogP contribution in [0.15, 0.2) is 0 Å². The summed E-state index contributed by atoms with van der Waals surface area (Å²) in [6.07, 6.45) is -0.222. The molecule has 18 heavy (non-hydrogen) atoms. The van der Waals surface area contributed by atoms with Crippen LogP contribution in [-0.4, -0.2) is 57.0 Å². The van der Waals surface area contributed by atoms with Gasteiger partial charge in [0.2, 0.25) is 0 Å². The van der Waals surface area contributed by atoms with Crippen LogP contribution in [0.25, 0.3) is 0 Å². The summed E-state index contributed by atoms with van der Waals surface area (Å²) in [5.74, 6) is -4.22. The van der Waals surface area contributed by atoms with Gasteiger partial charge in [0, 0.05) is 13.1 Å². The molecule has 1 saturated heterocycles. The molecule has 1 atom stereocenters. The lowest BCUT2D eigenvalue weighted by Gasteiger charge is -2.22. The Morgan fingerprint density at radius 1 is 1.11 bits per heavy atom. The first-order chi connectivity index (χ1) is 8.33. The zero-order chi connectivity index (χ0) is 13.8. The number of carboxylic acids is 2. The first-order valence-corrected chi connectivity index (χ1v) is 5.47. The third kappa shape index (κ3) is 3.97. The topological polar surface area (TPSA) is 124 Å². The average Bonchev–Trinajstić information content (AvgIpc) is 2.68. The summed E-state index contributed by atoms with van der Waals surface area (Å²) in [6, 6.07) is 0. The fourth-order valence-corrected chi connectivity index (χ4v) is 1.66. The van der Waals surface area contributed by atoms with Crippen LogP contribution in [0.1, 0.15) is 25.7 Å². The van der Waals surface area contributed by atoms with E-state index in [-0.39, 0.29) is 0 Å². The first-order valence-electron chi connectivity index (χ1n) is 5.47. The molecule has 1 heterocycles. The van der Waals surface area contributed by atoms with Gasteiger partial charge in [-0.2, -0.15) is 0 Å². The SMILES string of the molecule is O=C(O)CC(O)(CC(=O)ON1CCCC1)C(=O)O. The molecular weight excluding hydrogens is 246 g/mol. The van der Waals surface area contributed by atoms with Crippen molar-refractivity contribution in [2.24, 2.45) is 0 Å². The average molecular weight is 261 g/mol. The minimum absolute atomic E-state index is 0.552. The molecule has 0 bridgehead atoms. The third-order valence-electron chi connectivity index (χ3n) is 2.57. The van der Waals surface area contributed by atoms with Gasteiger partial charge in [-0.05, 0) is 12.8 Å². The van der Waals surface area contributed by atoms with Crippen LogP contribution >= 0.6 is 0 Å². The van der Waals surface area contributed by atoms with Crippen molar-refractivity contribution in [2.45, 2.75) is 31.3 Å². The van der Waals surface area contributed by atoms with Gasteiger partial charge in [-0.25, -0.2) is 4.79 Å². The van der Waals surface area contributed by atoms with Crippen molar-refractivity contribution in [3.8, 4) is 0 Å². The van der Waals surface area contributed by atoms with E-state index in [1.165, 1.54) is 5.06 Å². The zero-order valence-corrected chi connectivity index (χ0v) is 9.66. The molecule has 1 rings (SSSR count). The summed E-state index contributed by atoms with van der Waals surface area (Å²) in [7, 11) is 0. The Hall–Kier alpha value is -1.67. The highest BCUT2D eigenvalue weighted by molar-refractivity contribution is 5.88. The highest BCUT2D eigenvalue weighted by atomic mass is 16.7. The van der Waals surface area contributed by atoms with E-state index in [1.807, 2.05) is 0 Å². The Morgan fingerprint density at radius 2 is 1.67 bits per heavy atom. The van der Waals surface area contributed by atoms with E-state index in [0.29, 0.717) is 13.1 Å². The number of carbonyl (C=O) groups excluding carboxylic acids is 1. The Kier molecular flexibility index (Phi) is 4.62. The zero-order valence-electron chi connectivity index (χ0n) is 9.66. The van der Waals surface area contributed by atoms with Crippen molar-refractivity contribution in [3.63, 3.8) is 0 Å². The molecule has 3 N–H and O–H groups in total. The van der Waals surface area contributed by atoms with Gasteiger partial charge in [0.15, 0.2) is 5.60 Å². The van der Waals surface area contributed by atoms with E-state index in [4.69, 9.17) is 15.1 Å². The summed E-state index contributed by atoms with van der Waals surface area (Å²) in [4.78, 5) is 37.5. The van der Waals surface area contributed by atoms with Crippen LogP contribution in [-0.2, 0) is 19.2 Å². The van der Waals surface area contributed by atoms with E-state index in [1.54, 1.807) is 0 Å². The minimum Gasteiger partial charge on any atom is -0.481 e. The summed E-state index contributed by atoms with van der Waals surface area (Å²) in [5.41, 5.74) is -2.64. The minimum atomic E-state index is -2.64. The van der Waals surface area contributed by atoms with Crippen LogP contribution in [0.2, 0.25) is 0 Å². The van der Waals surface area contributed by atoms with Crippen LogP contribution < -0.4 is 0 Å². The van der Waals surface area contributed by atoms with Gasteiger partial charge >= 0.3 is 17.9 Å². The highest BCUT2D eigenvalue weighted by Gasteiger charge is 2.42. The van der Waals surface area contributed by atoms with E-state index < -0.39 is 36.4 Å². The smallest absolute Gasteiger partial charge is 0.336 e. The molecule has 1 aliphatic rings. The lowest BCUT2D eigenvalue weighted by Crippen LogP contribution is -2.44. The normalized spacial score (nSPS) is 19.2. The number of rotatable bonds is 6. The second-order valence-corrected chi connectivity index (χ2v) is 4.18. The number of carbonyl (C=O) groups is 3. The highest BCUT2D eigenvalue weighted by Crippen LogP contribution is 2.18. The molecule has 102 valence electrons. The lowest BCUT2D eigenvalue weighted by molar-refractivity contribution is -0.194. The predicted octanol–water partition coefficient (Wildman–Crippen LogP) is -0.779. The van der Waals surface area contributed by atoms with Crippen LogP contribution in [0.5, 0.6) is 0 Å². The number of hydrogen-bond acceptors (Lipinski definition) is 6. The van der Waals surface area contributed by atoms with Crippen molar-refractivity contribution in [1.29, 1.82) is 0 Å². The number of nitrogens with zero attached hydrogens (tertiary/aromatic N) is 1. The van der Waals surface area contributed by atoms with Gasteiger partial charge in [0.1, 0.15) is 0 Å². The second kappa shape index (κ2) is 5.78. The van der Waals surface area contributed by atoms with E-state index in [2.05, 4.69) is 0 Å². The molecule has 1 unspecified atom stereocenters. The van der Waals surface area contributed by atoms with Gasteiger partial charge < -0.3 is 20.2 Å². The van der Waals surface area contributed by atoms with E-state index >= 15 is 0 Å². The van der Waals surface area contributed by atoms with Gasteiger partial charge in [0.25, 0.3) is 0 Å². The fraction of sp³-hybridized carbons (Fsp3) is 0.700. The molecule has 8 nitrogen and oxygen atoms in total. The molecular formula is C10H15NO7. The third-order valence-corrected chi connectivity index (χ3v) is 2.57. The molecule has 0 amide bonds. The number of aliphatic hydroxyl groups is 1. The molecule has 0 saturated carbocycles. The Labute approximate surface area is 103 Å². The maximum Gasteiger partial charge on any atom is 0.336 e. The summed E-state index contributed by atoms with van der Waals surface area (Å²) in [5, 5.41) is 28.2. The van der Waals surface area contributed by atoms with Crippen molar-refractivity contribution >= 4 is 17.9 Å². The van der Waals surface area contributed by atoms with Crippen LogP contribution in [0.4, 0.5) is 0 Å². The second-order valence-electron chi connectivity index (χ2n) is 4.18. The molecule has 0 radical (unpaired) electrons. The van der Waals surface area contributed by atoms with Gasteiger partial charge in [0.05, 0.1) is 12.8 Å². The molecule has 0 aromatic rings. The number of carboxylic acid groups (broad SMARTS) is 2. The number of hydroxylamine groups is 2. The monoisotopic (exact) mass is 261 g/mol. The summed E-state index contributed by atoms with van der Waals surface area (Å²) < 4.78 is 0. The quantitative estimate of drug-likeness (QED) is 0.568. The molecule has 8 heteroatoms. The van der Waals surface area contributed by atoms with Crippen LogP contribution in [0, 0.1) is 0 Å². The largest absolute Gasteiger partial charge is 0.481 e. The van der Waals surface area contributed by atoms with Crippen molar-refractivity contribution in [1.82, 2.24) is 5.06 Å². The van der Waals surface area contributed by atoms with Crippen molar-refractivity contribution < 1.29 is 34.5 Å². The fourth-order valence-electron chi connectivity index (χ4n) is 1.66. The van der Waals surface area contributed by atoms with Crippen molar-refractivity contribution in [2.75, 3.05) is 13.1 Å². The Bertz CT molecular complexity index is 350. The van der Waals surface area contributed by atoms with Crippen LogP contribution in [0.3, 0.4) is 0 Å². The molecule has 0 aromatic heterocycles. The van der Waals surface area contributed by atoms with E-state index in [9.17, 15) is 19.5 Å². The Morgan fingerprint density at radius 3 is 2.11 bits per heavy atom. The summed E-state index contributed by atoms with van der Waals surface area (Å²) >= 11 is 0. The standard InChI is InChI=1S/C10H15NO7/c12-7(13)5-10(17,9(15)16)6-8(14)18-11-3-1-2-4-11/h17H,1-6H2,(H,12,13)(H,15,16). The van der Waals surface area contributed by atoms with Gasteiger partial charge in [-0.1, -0.05) is 0 Å². The molecule has 0 aromatic carbocycles.